The van der Waals surface area contributed by atoms with Crippen molar-refractivity contribution >= 4 is 11.7 Å². The molecule has 0 aliphatic carbocycles. The van der Waals surface area contributed by atoms with E-state index in [2.05, 4.69) is 5.32 Å². The number of nitrogens with one attached hydrogen (secondary N) is 1. The van der Waals surface area contributed by atoms with E-state index in [1.54, 1.807) is 6.92 Å². The number of carbonyl (C=O) groups excluding carboxylic acids is 2. The third kappa shape index (κ3) is 6.50. The highest BCUT2D eigenvalue weighted by atomic mass is 16.3. The van der Waals surface area contributed by atoms with Gasteiger partial charge < -0.3 is 16.2 Å². The zero-order valence-electron chi connectivity index (χ0n) is 14.2. The summed E-state index contributed by atoms with van der Waals surface area (Å²) in [6.45, 7) is 5.73. The van der Waals surface area contributed by atoms with Crippen molar-refractivity contribution < 1.29 is 14.7 Å². The Morgan fingerprint density at radius 1 is 1.22 bits per heavy atom. The molecule has 0 fully saturated rings. The highest BCUT2D eigenvalue weighted by Crippen LogP contribution is 2.09. The maximum Gasteiger partial charge on any atom is 0.251 e. The fraction of sp³-hybridized carbons (Fsp3) is 0.556. The van der Waals surface area contributed by atoms with Crippen molar-refractivity contribution in [1.82, 2.24) is 5.32 Å². The van der Waals surface area contributed by atoms with Crippen molar-refractivity contribution in [3.8, 4) is 0 Å². The van der Waals surface area contributed by atoms with Crippen molar-refractivity contribution in [2.75, 3.05) is 0 Å². The Balaban J connectivity index is 2.64. The number of nitrogens with two attached hydrogens (primary N) is 1. The van der Waals surface area contributed by atoms with Gasteiger partial charge in [0.05, 0.1) is 6.04 Å². The van der Waals surface area contributed by atoms with Crippen LogP contribution in [0.4, 0.5) is 0 Å². The molecule has 4 N–H and O–H groups in total. The van der Waals surface area contributed by atoms with Crippen LogP contribution in [0.3, 0.4) is 0 Å². The van der Waals surface area contributed by atoms with E-state index in [0.717, 1.165) is 5.56 Å². The lowest BCUT2D eigenvalue weighted by molar-refractivity contribution is -0.134. The summed E-state index contributed by atoms with van der Waals surface area (Å²) in [5.41, 5.74) is 6.89. The van der Waals surface area contributed by atoms with Crippen LogP contribution in [0.5, 0.6) is 0 Å². The molecule has 0 aromatic heterocycles. The fourth-order valence-corrected chi connectivity index (χ4v) is 2.44. The van der Waals surface area contributed by atoms with E-state index in [1.165, 1.54) is 0 Å². The Hall–Kier alpha value is -1.72. The average molecular weight is 320 g/mol. The SMILES string of the molecule is CCC(=O)[C@H](CC(C)C)NC(=O)[C@@H](O)[C@H](N)Cc1ccccc1. The van der Waals surface area contributed by atoms with Gasteiger partial charge in [0.2, 0.25) is 0 Å². The van der Waals surface area contributed by atoms with Gasteiger partial charge >= 0.3 is 0 Å². The normalized spacial score (nSPS) is 15.0. The Labute approximate surface area is 138 Å². The molecule has 5 nitrogen and oxygen atoms in total. The number of ketones is 1. The van der Waals surface area contributed by atoms with Crippen molar-refractivity contribution in [3.63, 3.8) is 0 Å². The van der Waals surface area contributed by atoms with Crippen LogP contribution in [0, 0.1) is 5.92 Å². The zero-order valence-corrected chi connectivity index (χ0v) is 14.2. The number of aliphatic hydroxyl groups excluding tert-OH is 1. The molecule has 0 unspecified atom stereocenters. The number of Topliss-reactive ketones (excluding diaryl/α,β-unsaturated/α-hetero) is 1. The smallest absolute Gasteiger partial charge is 0.251 e. The molecule has 128 valence electrons. The molecular weight excluding hydrogens is 292 g/mol. The number of benzene rings is 1. The van der Waals surface area contributed by atoms with E-state index < -0.39 is 24.1 Å². The molecule has 5 heteroatoms. The van der Waals surface area contributed by atoms with Gasteiger partial charge in [-0.2, -0.15) is 0 Å². The first-order chi connectivity index (χ1) is 10.8. The lowest BCUT2D eigenvalue weighted by atomic mass is 9.97. The van der Waals surface area contributed by atoms with Gasteiger partial charge in [0.15, 0.2) is 5.78 Å². The molecule has 3 atom stereocenters. The van der Waals surface area contributed by atoms with E-state index in [0.29, 0.717) is 19.3 Å². The number of amides is 1. The van der Waals surface area contributed by atoms with Gasteiger partial charge in [-0.05, 0) is 24.3 Å². The lowest BCUT2D eigenvalue weighted by Crippen LogP contribution is -2.52. The highest BCUT2D eigenvalue weighted by molar-refractivity contribution is 5.90. The number of hydrogen-bond acceptors (Lipinski definition) is 4. The van der Waals surface area contributed by atoms with E-state index in [4.69, 9.17) is 5.73 Å². The van der Waals surface area contributed by atoms with Crippen LogP contribution in [-0.2, 0) is 16.0 Å². The van der Waals surface area contributed by atoms with Crippen LogP contribution in [0.2, 0.25) is 0 Å². The Morgan fingerprint density at radius 3 is 2.35 bits per heavy atom. The third-order valence-electron chi connectivity index (χ3n) is 3.75. The molecular formula is C18H28N2O3. The van der Waals surface area contributed by atoms with E-state index in [-0.39, 0.29) is 11.7 Å². The molecule has 0 saturated carbocycles. The molecule has 0 saturated heterocycles. The first-order valence-corrected chi connectivity index (χ1v) is 8.15. The minimum absolute atomic E-state index is 0.0316. The molecule has 1 amide bonds. The number of hydrogen-bond donors (Lipinski definition) is 3. The largest absolute Gasteiger partial charge is 0.382 e. The van der Waals surface area contributed by atoms with Crippen LogP contribution in [-0.4, -0.2) is 35.0 Å². The van der Waals surface area contributed by atoms with Crippen LogP contribution < -0.4 is 11.1 Å². The number of carbonyl (C=O) groups is 2. The van der Waals surface area contributed by atoms with Gasteiger partial charge in [-0.15, -0.1) is 0 Å². The first kappa shape index (κ1) is 19.3. The predicted octanol–water partition coefficient (Wildman–Crippen LogP) is 1.43. The van der Waals surface area contributed by atoms with Crippen LogP contribution in [0.15, 0.2) is 30.3 Å². The number of rotatable bonds is 9. The summed E-state index contributed by atoms with van der Waals surface area (Å²) in [6, 6.07) is 8.17. The monoisotopic (exact) mass is 320 g/mol. The van der Waals surface area contributed by atoms with Crippen LogP contribution in [0.1, 0.15) is 39.2 Å². The summed E-state index contributed by atoms with van der Waals surface area (Å²) >= 11 is 0. The molecule has 23 heavy (non-hydrogen) atoms. The maximum atomic E-state index is 12.2. The lowest BCUT2D eigenvalue weighted by Gasteiger charge is -2.23. The second-order valence-electron chi connectivity index (χ2n) is 6.31. The van der Waals surface area contributed by atoms with Crippen molar-refractivity contribution in [3.05, 3.63) is 35.9 Å². The third-order valence-corrected chi connectivity index (χ3v) is 3.75. The minimum Gasteiger partial charge on any atom is -0.382 e. The molecule has 0 aliphatic heterocycles. The molecule has 0 aliphatic rings. The Kier molecular flexibility index (Phi) is 7.92. The molecule has 0 bridgehead atoms. The van der Waals surface area contributed by atoms with E-state index >= 15 is 0 Å². The highest BCUT2D eigenvalue weighted by Gasteiger charge is 2.27. The van der Waals surface area contributed by atoms with Crippen LogP contribution in [0.25, 0.3) is 0 Å². The van der Waals surface area contributed by atoms with Crippen LogP contribution >= 0.6 is 0 Å². The predicted molar refractivity (Wildman–Crippen MR) is 90.8 cm³/mol. The van der Waals surface area contributed by atoms with E-state index in [9.17, 15) is 14.7 Å². The number of aliphatic hydroxyl groups is 1. The Bertz CT molecular complexity index is 502. The topological polar surface area (TPSA) is 92.4 Å². The van der Waals surface area contributed by atoms with Crippen molar-refractivity contribution in [1.29, 1.82) is 0 Å². The molecule has 1 aromatic carbocycles. The minimum atomic E-state index is -1.34. The Morgan fingerprint density at radius 2 is 1.83 bits per heavy atom. The van der Waals surface area contributed by atoms with Gasteiger partial charge in [0.1, 0.15) is 6.10 Å². The summed E-state index contributed by atoms with van der Waals surface area (Å²) in [7, 11) is 0. The molecule has 0 heterocycles. The fourth-order valence-electron chi connectivity index (χ4n) is 2.44. The second-order valence-corrected chi connectivity index (χ2v) is 6.31. The molecule has 0 spiro atoms. The maximum absolute atomic E-state index is 12.2. The average Bonchev–Trinajstić information content (AvgIpc) is 2.53. The molecule has 0 radical (unpaired) electrons. The second kappa shape index (κ2) is 9.43. The van der Waals surface area contributed by atoms with Gasteiger partial charge in [0.25, 0.3) is 5.91 Å². The summed E-state index contributed by atoms with van der Waals surface area (Å²) in [5, 5.41) is 12.8. The first-order valence-electron chi connectivity index (χ1n) is 8.15. The van der Waals surface area contributed by atoms with Gasteiger partial charge in [0, 0.05) is 12.5 Å². The summed E-state index contributed by atoms with van der Waals surface area (Å²) < 4.78 is 0. The van der Waals surface area contributed by atoms with E-state index in [1.807, 2.05) is 44.2 Å². The quantitative estimate of drug-likeness (QED) is 0.642. The van der Waals surface area contributed by atoms with Crippen molar-refractivity contribution in [2.24, 2.45) is 11.7 Å². The van der Waals surface area contributed by atoms with Gasteiger partial charge in [-0.1, -0.05) is 51.1 Å². The molecule has 1 aromatic rings. The van der Waals surface area contributed by atoms with Gasteiger partial charge in [-0.3, -0.25) is 9.59 Å². The summed E-state index contributed by atoms with van der Waals surface area (Å²) in [6.07, 6.45) is -0.0379. The zero-order chi connectivity index (χ0) is 17.4. The summed E-state index contributed by atoms with van der Waals surface area (Å²) in [4.78, 5) is 24.1. The van der Waals surface area contributed by atoms with Gasteiger partial charge in [-0.25, -0.2) is 0 Å². The standard InChI is InChI=1S/C18H28N2O3/c1-4-16(21)15(10-12(2)3)20-18(23)17(22)14(19)11-13-8-6-5-7-9-13/h5-9,12,14-15,17,22H,4,10-11,19H2,1-3H3,(H,20,23)/t14-,15+,17+/m1/s1. The van der Waals surface area contributed by atoms with Crippen molar-refractivity contribution in [2.45, 2.75) is 58.2 Å². The summed E-state index contributed by atoms with van der Waals surface area (Å²) in [5.74, 6) is -0.345. The molecule has 1 rings (SSSR count).